The van der Waals surface area contributed by atoms with Gasteiger partial charge in [-0.05, 0) is 57.0 Å². The molecule has 3 atom stereocenters. The number of hydrogen-bond acceptors (Lipinski definition) is 3. The number of thioether (sulfide) groups is 1. The summed E-state index contributed by atoms with van der Waals surface area (Å²) in [6.45, 7) is 11.9. The van der Waals surface area contributed by atoms with Crippen molar-refractivity contribution in [3.63, 3.8) is 0 Å². The molecule has 1 saturated heterocycles. The van der Waals surface area contributed by atoms with E-state index in [1.165, 1.54) is 50.3 Å². The summed E-state index contributed by atoms with van der Waals surface area (Å²) in [6.07, 6.45) is 5.50. The van der Waals surface area contributed by atoms with E-state index in [2.05, 4.69) is 49.7 Å². The van der Waals surface area contributed by atoms with Crippen molar-refractivity contribution >= 4 is 11.8 Å². The van der Waals surface area contributed by atoms with Gasteiger partial charge in [0.1, 0.15) is 0 Å². The molecule has 0 amide bonds. The molecule has 3 unspecified atom stereocenters. The first kappa shape index (κ1) is 15.7. The zero-order valence-corrected chi connectivity index (χ0v) is 14.1. The fourth-order valence-corrected chi connectivity index (χ4v) is 4.28. The van der Waals surface area contributed by atoms with E-state index in [1.807, 2.05) is 0 Å². The van der Waals surface area contributed by atoms with Gasteiger partial charge in [-0.1, -0.05) is 13.8 Å². The van der Waals surface area contributed by atoms with Crippen LogP contribution in [0.25, 0.3) is 0 Å². The van der Waals surface area contributed by atoms with E-state index in [0.717, 1.165) is 18.0 Å². The number of nitrogens with one attached hydrogen (secondary N) is 1. The summed E-state index contributed by atoms with van der Waals surface area (Å²) >= 11 is 2.09. The van der Waals surface area contributed by atoms with Crippen molar-refractivity contribution in [2.45, 2.75) is 71.0 Å². The Balaban J connectivity index is 1.92. The minimum Gasteiger partial charge on any atom is -0.308 e. The van der Waals surface area contributed by atoms with Gasteiger partial charge in [-0.15, -0.1) is 0 Å². The molecule has 1 aliphatic heterocycles. The molecule has 0 aromatic heterocycles. The van der Waals surface area contributed by atoms with Crippen molar-refractivity contribution in [1.29, 1.82) is 0 Å². The fraction of sp³-hybridized carbons (Fsp3) is 1.00. The van der Waals surface area contributed by atoms with E-state index in [1.54, 1.807) is 0 Å². The van der Waals surface area contributed by atoms with Gasteiger partial charge in [-0.25, -0.2) is 0 Å². The molecule has 0 radical (unpaired) electrons. The Morgan fingerprint density at radius 2 is 2.11 bits per heavy atom. The third-order valence-electron chi connectivity index (χ3n) is 5.12. The summed E-state index contributed by atoms with van der Waals surface area (Å²) in [6, 6.07) is 1.48. The van der Waals surface area contributed by atoms with Crippen molar-refractivity contribution in [3.8, 4) is 0 Å². The molecular formula is C16H32N2S. The Morgan fingerprint density at radius 1 is 1.37 bits per heavy atom. The molecule has 1 aliphatic carbocycles. The van der Waals surface area contributed by atoms with Gasteiger partial charge in [0, 0.05) is 30.7 Å². The van der Waals surface area contributed by atoms with Crippen molar-refractivity contribution in [3.05, 3.63) is 0 Å². The molecule has 1 heterocycles. The molecule has 2 rings (SSSR count). The van der Waals surface area contributed by atoms with Gasteiger partial charge in [-0.3, -0.25) is 4.90 Å². The zero-order chi connectivity index (χ0) is 13.9. The van der Waals surface area contributed by atoms with Gasteiger partial charge in [0.25, 0.3) is 0 Å². The lowest BCUT2D eigenvalue weighted by Crippen LogP contribution is -2.65. The molecule has 1 saturated carbocycles. The van der Waals surface area contributed by atoms with Crippen LogP contribution >= 0.6 is 11.8 Å². The van der Waals surface area contributed by atoms with Crippen molar-refractivity contribution in [2.75, 3.05) is 24.6 Å². The Bertz CT molecular complexity index is 280. The molecular weight excluding hydrogens is 252 g/mol. The zero-order valence-electron chi connectivity index (χ0n) is 13.2. The van der Waals surface area contributed by atoms with Crippen LogP contribution in [0.4, 0.5) is 0 Å². The van der Waals surface area contributed by atoms with Gasteiger partial charge in [0.15, 0.2) is 0 Å². The maximum atomic E-state index is 3.86. The van der Waals surface area contributed by atoms with E-state index in [9.17, 15) is 0 Å². The lowest BCUT2D eigenvalue weighted by Gasteiger charge is -2.49. The average Bonchev–Trinajstić information content (AvgIpc) is 3.23. The number of hydrogen-bond donors (Lipinski definition) is 1. The van der Waals surface area contributed by atoms with Crippen molar-refractivity contribution in [1.82, 2.24) is 10.2 Å². The molecule has 1 N–H and O–H groups in total. The Morgan fingerprint density at radius 3 is 2.68 bits per heavy atom. The maximum absolute atomic E-state index is 3.86. The summed E-state index contributed by atoms with van der Waals surface area (Å²) in [7, 11) is 0. The molecule has 2 fully saturated rings. The maximum Gasteiger partial charge on any atom is 0.0309 e. The standard InChI is InChI=1S/C16H32N2S/c1-5-15-11-17-16(4,14-7-8-14)12-18(15)13(3)9-10-19-6-2/h13-15,17H,5-12H2,1-4H3. The highest BCUT2D eigenvalue weighted by Crippen LogP contribution is 2.42. The molecule has 0 spiro atoms. The second kappa shape index (κ2) is 6.82. The minimum absolute atomic E-state index is 0.387. The van der Waals surface area contributed by atoms with Gasteiger partial charge < -0.3 is 5.32 Å². The Kier molecular flexibility index (Phi) is 5.62. The van der Waals surface area contributed by atoms with Crippen LogP contribution in [0.3, 0.4) is 0 Å². The lowest BCUT2D eigenvalue weighted by atomic mass is 9.89. The normalized spacial score (nSPS) is 34.4. The second-order valence-electron chi connectivity index (χ2n) is 6.64. The molecule has 0 aromatic rings. The van der Waals surface area contributed by atoms with Crippen LogP contribution in [-0.4, -0.2) is 47.1 Å². The van der Waals surface area contributed by atoms with Crippen LogP contribution in [0.15, 0.2) is 0 Å². The van der Waals surface area contributed by atoms with Crippen LogP contribution in [0.5, 0.6) is 0 Å². The Hall–Kier alpha value is 0.270. The van der Waals surface area contributed by atoms with E-state index in [-0.39, 0.29) is 0 Å². The van der Waals surface area contributed by atoms with E-state index < -0.39 is 0 Å². The van der Waals surface area contributed by atoms with Crippen LogP contribution in [0, 0.1) is 5.92 Å². The summed E-state index contributed by atoms with van der Waals surface area (Å²) in [5, 5.41) is 3.86. The van der Waals surface area contributed by atoms with Crippen molar-refractivity contribution in [2.24, 2.45) is 5.92 Å². The van der Waals surface area contributed by atoms with Gasteiger partial charge in [0.2, 0.25) is 0 Å². The molecule has 0 bridgehead atoms. The predicted octanol–water partition coefficient (Wildman–Crippen LogP) is 3.37. The first-order valence-corrected chi connectivity index (χ1v) is 9.34. The average molecular weight is 285 g/mol. The third kappa shape index (κ3) is 3.89. The van der Waals surface area contributed by atoms with E-state index in [4.69, 9.17) is 0 Å². The highest BCUT2D eigenvalue weighted by atomic mass is 32.2. The van der Waals surface area contributed by atoms with Gasteiger partial charge >= 0.3 is 0 Å². The van der Waals surface area contributed by atoms with Gasteiger partial charge in [0.05, 0.1) is 0 Å². The SMILES string of the molecule is CCSCCC(C)N1CC(C)(C2CC2)NCC1CC. The predicted molar refractivity (Wildman–Crippen MR) is 87.0 cm³/mol. The van der Waals surface area contributed by atoms with E-state index >= 15 is 0 Å². The molecule has 0 aromatic carbocycles. The highest BCUT2D eigenvalue weighted by molar-refractivity contribution is 7.99. The smallest absolute Gasteiger partial charge is 0.0309 e. The van der Waals surface area contributed by atoms with Crippen LogP contribution in [0.2, 0.25) is 0 Å². The molecule has 2 nitrogen and oxygen atoms in total. The topological polar surface area (TPSA) is 15.3 Å². The second-order valence-corrected chi connectivity index (χ2v) is 8.04. The van der Waals surface area contributed by atoms with Gasteiger partial charge in [-0.2, -0.15) is 11.8 Å². The van der Waals surface area contributed by atoms with E-state index in [0.29, 0.717) is 5.54 Å². The largest absolute Gasteiger partial charge is 0.308 e. The third-order valence-corrected chi connectivity index (χ3v) is 6.05. The fourth-order valence-electron chi connectivity index (χ4n) is 3.49. The molecule has 19 heavy (non-hydrogen) atoms. The van der Waals surface area contributed by atoms with Crippen LogP contribution in [-0.2, 0) is 0 Å². The quantitative estimate of drug-likeness (QED) is 0.722. The number of piperazine rings is 1. The minimum atomic E-state index is 0.387. The van der Waals surface area contributed by atoms with Crippen LogP contribution < -0.4 is 5.32 Å². The Labute approximate surface area is 124 Å². The lowest BCUT2D eigenvalue weighted by molar-refractivity contribution is 0.0415. The summed E-state index contributed by atoms with van der Waals surface area (Å²) in [5.74, 6) is 3.51. The first-order chi connectivity index (χ1) is 9.10. The number of rotatable bonds is 7. The summed E-state index contributed by atoms with van der Waals surface area (Å²) in [4.78, 5) is 2.81. The monoisotopic (exact) mass is 284 g/mol. The summed E-state index contributed by atoms with van der Waals surface area (Å²) in [5.41, 5.74) is 0.387. The number of nitrogens with zero attached hydrogens (tertiary/aromatic N) is 1. The molecule has 112 valence electrons. The first-order valence-electron chi connectivity index (χ1n) is 8.19. The molecule has 2 aliphatic rings. The van der Waals surface area contributed by atoms with Crippen LogP contribution in [0.1, 0.15) is 53.4 Å². The van der Waals surface area contributed by atoms with Crippen molar-refractivity contribution < 1.29 is 0 Å². The summed E-state index contributed by atoms with van der Waals surface area (Å²) < 4.78 is 0. The molecule has 3 heteroatoms. The highest BCUT2D eigenvalue weighted by Gasteiger charge is 2.46.